The molecule has 0 unspecified atom stereocenters. The second-order valence-electron chi connectivity index (χ2n) is 2.21. The van der Waals surface area contributed by atoms with Crippen LogP contribution in [0.2, 0.25) is 0 Å². The Morgan fingerprint density at radius 1 is 1.42 bits per heavy atom. The van der Waals surface area contributed by atoms with Crippen molar-refractivity contribution < 1.29 is 14.3 Å². The van der Waals surface area contributed by atoms with Gasteiger partial charge in [0.15, 0.2) is 5.78 Å². The Labute approximate surface area is 76.3 Å². The van der Waals surface area contributed by atoms with Crippen molar-refractivity contribution in [3.05, 3.63) is 12.7 Å². The van der Waals surface area contributed by atoms with E-state index in [-0.39, 0.29) is 12.4 Å². The molecule has 3 nitrogen and oxygen atoms in total. The molecule has 12 heavy (non-hydrogen) atoms. The van der Waals surface area contributed by atoms with Gasteiger partial charge in [0.1, 0.15) is 0 Å². The number of rotatable bonds is 6. The molecule has 0 bridgehead atoms. The lowest BCUT2D eigenvalue weighted by Gasteiger charge is -1.98. The molecular weight excluding hydrogens is 180 g/mol. The van der Waals surface area contributed by atoms with Crippen LogP contribution in [0.4, 0.5) is 4.79 Å². The van der Waals surface area contributed by atoms with E-state index in [1.807, 2.05) is 0 Å². The van der Waals surface area contributed by atoms with Crippen molar-refractivity contribution in [3.63, 3.8) is 0 Å². The van der Waals surface area contributed by atoms with E-state index in [0.29, 0.717) is 19.3 Å². The van der Waals surface area contributed by atoms with Gasteiger partial charge in [-0.2, -0.15) is 0 Å². The third-order valence-electron chi connectivity index (χ3n) is 1.26. The topological polar surface area (TPSA) is 43.4 Å². The first kappa shape index (κ1) is 11.2. The average molecular weight is 191 g/mol. The maximum atomic E-state index is 10.7. The minimum absolute atomic E-state index is 0.00667. The molecule has 0 aliphatic rings. The number of carbonyl (C=O) groups is 2. The first-order valence-corrected chi connectivity index (χ1v) is 4.02. The van der Waals surface area contributed by atoms with Crippen LogP contribution in [0.5, 0.6) is 0 Å². The highest BCUT2D eigenvalue weighted by Gasteiger charge is 1.97. The van der Waals surface area contributed by atoms with Crippen LogP contribution in [-0.4, -0.2) is 17.8 Å². The highest BCUT2D eigenvalue weighted by atomic mass is 35.5. The van der Waals surface area contributed by atoms with Crippen LogP contribution < -0.4 is 0 Å². The lowest BCUT2D eigenvalue weighted by atomic mass is 10.2. The molecule has 0 aromatic rings. The highest BCUT2D eigenvalue weighted by molar-refractivity contribution is 6.61. The van der Waals surface area contributed by atoms with Gasteiger partial charge in [-0.1, -0.05) is 6.58 Å². The van der Waals surface area contributed by atoms with Gasteiger partial charge in [0, 0.05) is 18.0 Å². The molecule has 0 aromatic heterocycles. The summed E-state index contributed by atoms with van der Waals surface area (Å²) in [5, 5.41) is 0. The molecule has 0 heterocycles. The van der Waals surface area contributed by atoms with Crippen LogP contribution in [0.3, 0.4) is 0 Å². The van der Waals surface area contributed by atoms with Gasteiger partial charge in [0.2, 0.25) is 0 Å². The van der Waals surface area contributed by atoms with E-state index < -0.39 is 5.43 Å². The van der Waals surface area contributed by atoms with Crippen molar-refractivity contribution in [3.8, 4) is 0 Å². The average Bonchev–Trinajstić information content (AvgIpc) is 2.03. The Morgan fingerprint density at radius 3 is 2.58 bits per heavy atom. The lowest BCUT2D eigenvalue weighted by molar-refractivity contribution is -0.114. The number of ketones is 1. The maximum absolute atomic E-state index is 10.7. The second kappa shape index (κ2) is 6.85. The summed E-state index contributed by atoms with van der Waals surface area (Å²) >= 11 is 4.90. The van der Waals surface area contributed by atoms with E-state index in [0.717, 1.165) is 0 Å². The van der Waals surface area contributed by atoms with Crippen LogP contribution in [0.1, 0.15) is 19.3 Å². The number of allylic oxidation sites excluding steroid dienone is 1. The number of carbonyl (C=O) groups excluding carboxylic acids is 2. The van der Waals surface area contributed by atoms with Gasteiger partial charge in [0.05, 0.1) is 6.61 Å². The van der Waals surface area contributed by atoms with Crippen molar-refractivity contribution >= 4 is 22.8 Å². The molecule has 0 spiro atoms. The number of hydrogen-bond donors (Lipinski definition) is 0. The number of unbranched alkanes of at least 4 members (excludes halogenated alkanes) is 1. The molecule has 0 aliphatic heterocycles. The first-order valence-electron chi connectivity index (χ1n) is 3.64. The number of ether oxygens (including phenoxy) is 1. The molecule has 0 saturated heterocycles. The van der Waals surface area contributed by atoms with Crippen molar-refractivity contribution in [2.75, 3.05) is 6.61 Å². The summed E-state index contributed by atoms with van der Waals surface area (Å²) in [5.74, 6) is 0.00667. The maximum Gasteiger partial charge on any atom is 0.403 e. The van der Waals surface area contributed by atoms with Crippen LogP contribution in [-0.2, 0) is 9.53 Å². The van der Waals surface area contributed by atoms with Crippen molar-refractivity contribution in [2.24, 2.45) is 0 Å². The standard InChI is InChI=1S/C8H11ClO3/c1-2-7(10)5-3-4-6-12-8(9)11/h2H,1,3-6H2. The van der Waals surface area contributed by atoms with Crippen LogP contribution >= 0.6 is 11.6 Å². The minimum atomic E-state index is -0.801. The van der Waals surface area contributed by atoms with Gasteiger partial charge >= 0.3 is 5.43 Å². The van der Waals surface area contributed by atoms with Crippen molar-refractivity contribution in [1.82, 2.24) is 0 Å². The molecule has 0 saturated carbocycles. The molecule has 0 radical (unpaired) electrons. The summed E-state index contributed by atoms with van der Waals surface area (Å²) < 4.78 is 4.45. The zero-order valence-corrected chi connectivity index (χ0v) is 7.47. The number of halogens is 1. The SMILES string of the molecule is C=CC(=O)CCCCOC(=O)Cl. The third-order valence-corrected chi connectivity index (χ3v) is 1.37. The van der Waals surface area contributed by atoms with Crippen LogP contribution in [0.25, 0.3) is 0 Å². The summed E-state index contributed by atoms with van der Waals surface area (Å²) in [6.45, 7) is 3.60. The van der Waals surface area contributed by atoms with E-state index in [2.05, 4.69) is 11.3 Å². The molecule has 68 valence electrons. The Hall–Kier alpha value is -0.830. The third kappa shape index (κ3) is 7.28. The van der Waals surface area contributed by atoms with Crippen LogP contribution in [0, 0.1) is 0 Å². The summed E-state index contributed by atoms with van der Waals surface area (Å²) in [6.07, 6.45) is 3.07. The zero-order chi connectivity index (χ0) is 9.40. The smallest absolute Gasteiger partial charge is 0.403 e. The molecule has 0 N–H and O–H groups in total. The Bertz CT molecular complexity index is 177. The van der Waals surface area contributed by atoms with Gasteiger partial charge in [-0.3, -0.25) is 4.79 Å². The Balaban J connectivity index is 3.16. The zero-order valence-electron chi connectivity index (χ0n) is 6.72. The van der Waals surface area contributed by atoms with E-state index in [1.54, 1.807) is 0 Å². The molecule has 4 heteroatoms. The van der Waals surface area contributed by atoms with E-state index in [4.69, 9.17) is 11.6 Å². The lowest BCUT2D eigenvalue weighted by Crippen LogP contribution is -1.98. The number of hydrogen-bond acceptors (Lipinski definition) is 3. The fraction of sp³-hybridized carbons (Fsp3) is 0.500. The van der Waals surface area contributed by atoms with Gasteiger partial charge in [0.25, 0.3) is 0 Å². The molecular formula is C8H11ClO3. The summed E-state index contributed by atoms with van der Waals surface area (Å²) in [4.78, 5) is 20.7. The predicted molar refractivity (Wildman–Crippen MR) is 46.3 cm³/mol. The highest BCUT2D eigenvalue weighted by Crippen LogP contribution is 1.98. The Morgan fingerprint density at radius 2 is 2.08 bits per heavy atom. The van der Waals surface area contributed by atoms with Crippen molar-refractivity contribution in [1.29, 1.82) is 0 Å². The Kier molecular flexibility index (Phi) is 6.38. The summed E-state index contributed by atoms with van der Waals surface area (Å²) in [5.41, 5.74) is -0.801. The van der Waals surface area contributed by atoms with E-state index >= 15 is 0 Å². The summed E-state index contributed by atoms with van der Waals surface area (Å²) in [6, 6.07) is 0. The molecule has 0 amide bonds. The molecule has 0 fully saturated rings. The van der Waals surface area contributed by atoms with E-state index in [9.17, 15) is 9.59 Å². The van der Waals surface area contributed by atoms with Gasteiger partial charge in [-0.05, 0) is 18.9 Å². The second-order valence-corrected chi connectivity index (χ2v) is 2.52. The summed E-state index contributed by atoms with van der Waals surface area (Å²) in [7, 11) is 0. The normalized spacial score (nSPS) is 9.08. The van der Waals surface area contributed by atoms with Crippen LogP contribution in [0.15, 0.2) is 12.7 Å². The van der Waals surface area contributed by atoms with Gasteiger partial charge in [-0.25, -0.2) is 4.79 Å². The molecule has 0 aliphatic carbocycles. The predicted octanol–water partition coefficient (Wildman–Crippen LogP) is 2.29. The fourth-order valence-electron chi connectivity index (χ4n) is 0.656. The van der Waals surface area contributed by atoms with Gasteiger partial charge < -0.3 is 4.74 Å². The van der Waals surface area contributed by atoms with Crippen molar-refractivity contribution in [2.45, 2.75) is 19.3 Å². The monoisotopic (exact) mass is 190 g/mol. The van der Waals surface area contributed by atoms with Gasteiger partial charge in [-0.15, -0.1) is 0 Å². The first-order chi connectivity index (χ1) is 5.66. The molecule has 0 aromatic carbocycles. The largest absolute Gasteiger partial charge is 0.454 e. The quantitative estimate of drug-likeness (QED) is 0.367. The van der Waals surface area contributed by atoms with E-state index in [1.165, 1.54) is 6.08 Å². The molecule has 0 rings (SSSR count). The minimum Gasteiger partial charge on any atom is -0.454 e. The fourth-order valence-corrected chi connectivity index (χ4v) is 0.733. The molecule has 0 atom stereocenters.